The number of carboxylic acids is 1. The first kappa shape index (κ1) is 16.2. The molecule has 0 saturated carbocycles. The van der Waals surface area contributed by atoms with Crippen LogP contribution < -0.4 is 10.2 Å². The van der Waals surface area contributed by atoms with Crippen molar-refractivity contribution in [1.29, 1.82) is 0 Å². The number of hydrogen-bond acceptors (Lipinski definition) is 5. The molecule has 1 fully saturated rings. The summed E-state index contributed by atoms with van der Waals surface area (Å²) in [5, 5.41) is 19.6. The molecule has 120 valence electrons. The topological polar surface area (TPSA) is 95.4 Å². The molecule has 1 aromatic rings. The predicted molar refractivity (Wildman–Crippen MR) is 81.9 cm³/mol. The van der Waals surface area contributed by atoms with Gasteiger partial charge in [0.05, 0.1) is 0 Å². The molecule has 1 atom stereocenters. The Labute approximate surface area is 129 Å². The summed E-state index contributed by atoms with van der Waals surface area (Å²) in [4.78, 5) is 25.3. The first-order chi connectivity index (χ1) is 10.6. The van der Waals surface area contributed by atoms with Crippen molar-refractivity contribution in [3.63, 3.8) is 0 Å². The third kappa shape index (κ3) is 4.16. The van der Waals surface area contributed by atoms with Gasteiger partial charge in [-0.15, -0.1) is 10.2 Å². The Morgan fingerprint density at radius 3 is 2.59 bits per heavy atom. The summed E-state index contributed by atoms with van der Waals surface area (Å²) in [6.45, 7) is 3.89. The molecule has 1 aliphatic heterocycles. The minimum atomic E-state index is -1.02. The molecule has 2 N–H and O–H groups in total. The molecule has 1 aliphatic rings. The first-order valence-corrected chi connectivity index (χ1v) is 7.74. The number of carboxylic acid groups (broad SMARTS) is 1. The summed E-state index contributed by atoms with van der Waals surface area (Å²) in [5.74, 6) is -0.762. The SMILES string of the molecule is CCCCC(NC(=O)c1ccc(N2CCCC2)nn1)C(=O)O. The fraction of sp³-hybridized carbons (Fsp3) is 0.600. The number of carbonyl (C=O) groups is 2. The molecule has 1 saturated heterocycles. The van der Waals surface area contributed by atoms with Gasteiger partial charge >= 0.3 is 5.97 Å². The lowest BCUT2D eigenvalue weighted by Crippen LogP contribution is -2.41. The second-order valence-corrected chi connectivity index (χ2v) is 5.48. The number of anilines is 1. The van der Waals surface area contributed by atoms with E-state index in [0.717, 1.165) is 44.6 Å². The van der Waals surface area contributed by atoms with Gasteiger partial charge in [-0.05, 0) is 31.4 Å². The average Bonchev–Trinajstić information content (AvgIpc) is 3.05. The normalized spacial score (nSPS) is 15.6. The minimum Gasteiger partial charge on any atom is -0.480 e. The number of carbonyl (C=O) groups excluding carboxylic acids is 1. The Balaban J connectivity index is 1.97. The molecular weight excluding hydrogens is 284 g/mol. The number of aliphatic carboxylic acids is 1. The lowest BCUT2D eigenvalue weighted by Gasteiger charge is -2.16. The van der Waals surface area contributed by atoms with Gasteiger partial charge in [0.15, 0.2) is 11.5 Å². The molecule has 1 amide bonds. The molecule has 0 bridgehead atoms. The maximum atomic E-state index is 12.1. The number of amides is 1. The highest BCUT2D eigenvalue weighted by Gasteiger charge is 2.21. The van der Waals surface area contributed by atoms with Crippen LogP contribution in [0.25, 0.3) is 0 Å². The van der Waals surface area contributed by atoms with E-state index in [1.54, 1.807) is 12.1 Å². The third-order valence-electron chi connectivity index (χ3n) is 3.76. The van der Waals surface area contributed by atoms with E-state index < -0.39 is 17.9 Å². The molecule has 1 unspecified atom stereocenters. The van der Waals surface area contributed by atoms with Gasteiger partial charge in [-0.1, -0.05) is 19.8 Å². The van der Waals surface area contributed by atoms with Crippen molar-refractivity contribution < 1.29 is 14.7 Å². The Morgan fingerprint density at radius 1 is 1.32 bits per heavy atom. The molecule has 22 heavy (non-hydrogen) atoms. The van der Waals surface area contributed by atoms with Crippen LogP contribution in [0.15, 0.2) is 12.1 Å². The summed E-state index contributed by atoms with van der Waals surface area (Å²) in [6.07, 6.45) is 4.32. The second kappa shape index (κ2) is 7.72. The minimum absolute atomic E-state index is 0.144. The number of aromatic nitrogens is 2. The van der Waals surface area contributed by atoms with Crippen molar-refractivity contribution >= 4 is 17.7 Å². The fourth-order valence-corrected chi connectivity index (χ4v) is 2.46. The number of rotatable bonds is 7. The summed E-state index contributed by atoms with van der Waals surface area (Å²) in [6, 6.07) is 2.47. The second-order valence-electron chi connectivity index (χ2n) is 5.48. The summed E-state index contributed by atoms with van der Waals surface area (Å²) >= 11 is 0. The van der Waals surface area contributed by atoms with E-state index in [2.05, 4.69) is 20.4 Å². The zero-order valence-corrected chi connectivity index (χ0v) is 12.8. The van der Waals surface area contributed by atoms with Crippen LogP contribution in [-0.4, -0.2) is 46.3 Å². The first-order valence-electron chi connectivity index (χ1n) is 7.74. The number of nitrogens with one attached hydrogen (secondary N) is 1. The quantitative estimate of drug-likeness (QED) is 0.791. The lowest BCUT2D eigenvalue weighted by atomic mass is 10.1. The van der Waals surface area contributed by atoms with E-state index in [4.69, 9.17) is 5.11 Å². The molecule has 0 aliphatic carbocycles. The zero-order chi connectivity index (χ0) is 15.9. The Bertz CT molecular complexity index is 512. The fourth-order valence-electron chi connectivity index (χ4n) is 2.46. The predicted octanol–water partition coefficient (Wildman–Crippen LogP) is 1.45. The number of nitrogens with zero attached hydrogens (tertiary/aromatic N) is 3. The Morgan fingerprint density at radius 2 is 2.05 bits per heavy atom. The van der Waals surface area contributed by atoms with Crippen molar-refractivity contribution in [2.45, 2.75) is 45.1 Å². The molecule has 0 aromatic carbocycles. The maximum absolute atomic E-state index is 12.1. The highest BCUT2D eigenvalue weighted by atomic mass is 16.4. The molecule has 2 rings (SSSR count). The molecule has 1 aromatic heterocycles. The number of unbranched alkanes of at least 4 members (excludes halogenated alkanes) is 1. The molecule has 2 heterocycles. The molecule has 0 spiro atoms. The lowest BCUT2D eigenvalue weighted by molar-refractivity contribution is -0.139. The molecular formula is C15H22N4O3. The van der Waals surface area contributed by atoms with Crippen LogP contribution in [0.4, 0.5) is 5.82 Å². The van der Waals surface area contributed by atoms with Gasteiger partial charge in [0.1, 0.15) is 6.04 Å². The van der Waals surface area contributed by atoms with Crippen molar-refractivity contribution in [3.8, 4) is 0 Å². The van der Waals surface area contributed by atoms with Crippen LogP contribution in [0.5, 0.6) is 0 Å². The van der Waals surface area contributed by atoms with Crippen molar-refractivity contribution in [3.05, 3.63) is 17.8 Å². The van der Waals surface area contributed by atoms with E-state index in [-0.39, 0.29) is 5.69 Å². The van der Waals surface area contributed by atoms with Crippen LogP contribution in [0.1, 0.15) is 49.5 Å². The molecule has 7 heteroatoms. The highest BCUT2D eigenvalue weighted by Crippen LogP contribution is 2.16. The van der Waals surface area contributed by atoms with Gasteiger partial charge in [0.25, 0.3) is 5.91 Å². The molecule has 7 nitrogen and oxygen atoms in total. The van der Waals surface area contributed by atoms with Gasteiger partial charge in [0.2, 0.25) is 0 Å². The summed E-state index contributed by atoms with van der Waals surface area (Å²) in [7, 11) is 0. The Kier molecular flexibility index (Phi) is 5.68. The standard InChI is InChI=1S/C15H22N4O3/c1-2-3-6-12(15(21)22)16-14(20)11-7-8-13(18-17-11)19-9-4-5-10-19/h7-8,12H,2-6,9-10H2,1H3,(H,16,20)(H,21,22). The van der Waals surface area contributed by atoms with Crippen LogP contribution >= 0.6 is 0 Å². The van der Waals surface area contributed by atoms with E-state index >= 15 is 0 Å². The van der Waals surface area contributed by atoms with Crippen molar-refractivity contribution in [2.75, 3.05) is 18.0 Å². The zero-order valence-electron chi connectivity index (χ0n) is 12.8. The summed E-state index contributed by atoms with van der Waals surface area (Å²) < 4.78 is 0. The summed E-state index contributed by atoms with van der Waals surface area (Å²) in [5.41, 5.74) is 0.144. The Hall–Kier alpha value is -2.18. The third-order valence-corrected chi connectivity index (χ3v) is 3.76. The smallest absolute Gasteiger partial charge is 0.326 e. The van der Waals surface area contributed by atoms with Gasteiger partial charge in [-0.3, -0.25) is 4.79 Å². The van der Waals surface area contributed by atoms with Crippen LogP contribution in [0, 0.1) is 0 Å². The van der Waals surface area contributed by atoms with Crippen LogP contribution in [-0.2, 0) is 4.79 Å². The van der Waals surface area contributed by atoms with Crippen molar-refractivity contribution in [2.24, 2.45) is 0 Å². The monoisotopic (exact) mass is 306 g/mol. The van der Waals surface area contributed by atoms with E-state index in [0.29, 0.717) is 6.42 Å². The highest BCUT2D eigenvalue weighted by molar-refractivity contribution is 5.94. The number of hydrogen-bond donors (Lipinski definition) is 2. The van der Waals surface area contributed by atoms with Gasteiger partial charge in [0, 0.05) is 13.1 Å². The van der Waals surface area contributed by atoms with Crippen molar-refractivity contribution in [1.82, 2.24) is 15.5 Å². The van der Waals surface area contributed by atoms with E-state index in [9.17, 15) is 9.59 Å². The maximum Gasteiger partial charge on any atom is 0.326 e. The largest absolute Gasteiger partial charge is 0.480 e. The van der Waals surface area contributed by atoms with Gasteiger partial charge in [-0.2, -0.15) is 0 Å². The van der Waals surface area contributed by atoms with Crippen LogP contribution in [0.2, 0.25) is 0 Å². The van der Waals surface area contributed by atoms with E-state index in [1.165, 1.54) is 0 Å². The average molecular weight is 306 g/mol. The van der Waals surface area contributed by atoms with E-state index in [1.807, 2.05) is 6.92 Å². The van der Waals surface area contributed by atoms with Gasteiger partial charge in [-0.25, -0.2) is 4.79 Å². The molecule has 0 radical (unpaired) electrons. The van der Waals surface area contributed by atoms with Crippen LogP contribution in [0.3, 0.4) is 0 Å². The van der Waals surface area contributed by atoms with Gasteiger partial charge < -0.3 is 15.3 Å².